The normalized spacial score (nSPS) is 21.4. The number of hydrogen-bond acceptors (Lipinski definition) is 2. The number of aliphatic carboxylic acids is 1. The van der Waals surface area contributed by atoms with Gasteiger partial charge < -0.3 is 14.9 Å². The molecular weight excluding hydrogens is 268 g/mol. The van der Waals surface area contributed by atoms with Crippen molar-refractivity contribution in [2.24, 2.45) is 11.3 Å². The average molecular weight is 296 g/mol. The Balaban J connectivity index is 1.97. The van der Waals surface area contributed by atoms with Crippen molar-refractivity contribution in [2.75, 3.05) is 19.6 Å². The lowest BCUT2D eigenvalue weighted by atomic mass is 9.76. The molecule has 1 aliphatic carbocycles. The number of carboxylic acids is 1. The molecule has 1 heterocycles. The quantitative estimate of drug-likeness (QED) is 0.848. The van der Waals surface area contributed by atoms with Gasteiger partial charge in [-0.2, -0.15) is 0 Å². The molecule has 2 aliphatic rings. The number of amides is 2. The maximum Gasteiger partial charge on any atom is 0.320 e. The first-order valence-electron chi connectivity index (χ1n) is 8.18. The van der Waals surface area contributed by atoms with E-state index in [1.165, 1.54) is 0 Å². The summed E-state index contributed by atoms with van der Waals surface area (Å²) in [7, 11) is 0. The molecular formula is C16H28N2O3. The summed E-state index contributed by atoms with van der Waals surface area (Å²) in [6.45, 7) is 8.14. The van der Waals surface area contributed by atoms with Crippen LogP contribution in [0.1, 0.15) is 52.9 Å². The maximum atomic E-state index is 12.7. The van der Waals surface area contributed by atoms with E-state index in [-0.39, 0.29) is 6.03 Å². The summed E-state index contributed by atoms with van der Waals surface area (Å²) in [6.07, 6.45) is 4.01. The van der Waals surface area contributed by atoms with Gasteiger partial charge in [-0.05, 0) is 38.0 Å². The average Bonchev–Trinajstić information content (AvgIpc) is 3.28. The van der Waals surface area contributed by atoms with Gasteiger partial charge >= 0.3 is 12.0 Å². The largest absolute Gasteiger partial charge is 0.481 e. The summed E-state index contributed by atoms with van der Waals surface area (Å²) in [5.74, 6) is -0.244. The molecule has 0 aromatic heterocycles. The fourth-order valence-electron chi connectivity index (χ4n) is 3.19. The van der Waals surface area contributed by atoms with E-state index >= 15 is 0 Å². The van der Waals surface area contributed by atoms with Crippen LogP contribution in [0.25, 0.3) is 0 Å². The topological polar surface area (TPSA) is 60.9 Å². The molecule has 1 saturated carbocycles. The molecule has 120 valence electrons. The Morgan fingerprint density at radius 1 is 1.29 bits per heavy atom. The number of hydrogen-bond donors (Lipinski definition) is 1. The van der Waals surface area contributed by atoms with Crippen LogP contribution in [0.2, 0.25) is 0 Å². The van der Waals surface area contributed by atoms with Crippen LogP contribution in [0.4, 0.5) is 4.79 Å². The van der Waals surface area contributed by atoms with Crippen LogP contribution in [-0.4, -0.2) is 52.6 Å². The van der Waals surface area contributed by atoms with Crippen LogP contribution in [-0.2, 0) is 4.79 Å². The van der Waals surface area contributed by atoms with E-state index in [1.807, 2.05) is 16.7 Å². The zero-order valence-electron chi connectivity index (χ0n) is 13.5. The number of nitrogens with zero attached hydrogens (tertiary/aromatic N) is 2. The van der Waals surface area contributed by atoms with Gasteiger partial charge in [0.15, 0.2) is 0 Å². The van der Waals surface area contributed by atoms with Gasteiger partial charge in [0.1, 0.15) is 0 Å². The molecule has 0 radical (unpaired) electrons. The van der Waals surface area contributed by atoms with Gasteiger partial charge in [-0.3, -0.25) is 4.79 Å². The number of urea groups is 1. The molecule has 0 bridgehead atoms. The molecule has 1 N–H and O–H groups in total. The minimum absolute atomic E-state index is 0.112. The van der Waals surface area contributed by atoms with Gasteiger partial charge in [0, 0.05) is 25.7 Å². The van der Waals surface area contributed by atoms with Crippen LogP contribution < -0.4 is 0 Å². The van der Waals surface area contributed by atoms with Crippen molar-refractivity contribution in [3.8, 4) is 0 Å². The molecule has 5 nitrogen and oxygen atoms in total. The fourth-order valence-corrected chi connectivity index (χ4v) is 3.19. The predicted molar refractivity (Wildman–Crippen MR) is 81.1 cm³/mol. The van der Waals surface area contributed by atoms with Gasteiger partial charge in [-0.1, -0.05) is 20.8 Å². The molecule has 1 saturated heterocycles. The zero-order chi connectivity index (χ0) is 15.6. The number of carbonyl (C=O) groups is 2. The Labute approximate surface area is 127 Å². The Hall–Kier alpha value is -1.26. The molecule has 0 unspecified atom stereocenters. The van der Waals surface area contributed by atoms with Gasteiger partial charge in [0.2, 0.25) is 0 Å². The molecule has 0 aromatic carbocycles. The van der Waals surface area contributed by atoms with Crippen LogP contribution in [0.5, 0.6) is 0 Å². The Bertz CT molecular complexity index is 396. The van der Waals surface area contributed by atoms with Gasteiger partial charge in [-0.25, -0.2) is 4.79 Å². The molecule has 1 aliphatic heterocycles. The second-order valence-corrected chi connectivity index (χ2v) is 6.99. The van der Waals surface area contributed by atoms with E-state index in [1.54, 1.807) is 0 Å². The number of carboxylic acid groups (broad SMARTS) is 1. The first kappa shape index (κ1) is 16.1. The number of carbonyl (C=O) groups excluding carboxylic acids is 1. The highest BCUT2D eigenvalue weighted by Gasteiger charge is 2.43. The van der Waals surface area contributed by atoms with E-state index in [9.17, 15) is 14.7 Å². The van der Waals surface area contributed by atoms with E-state index < -0.39 is 11.4 Å². The van der Waals surface area contributed by atoms with Gasteiger partial charge in [-0.15, -0.1) is 0 Å². The van der Waals surface area contributed by atoms with Crippen LogP contribution in [0.3, 0.4) is 0 Å². The lowest BCUT2D eigenvalue weighted by Crippen LogP contribution is -2.51. The molecule has 5 heteroatoms. The number of likely N-dealkylation sites (tertiary alicyclic amines) is 1. The van der Waals surface area contributed by atoms with Gasteiger partial charge in [0.25, 0.3) is 0 Å². The molecule has 2 amide bonds. The summed E-state index contributed by atoms with van der Waals surface area (Å²) in [6, 6.07) is 0.526. The second-order valence-electron chi connectivity index (χ2n) is 6.99. The van der Waals surface area contributed by atoms with Gasteiger partial charge in [0.05, 0.1) is 5.41 Å². The maximum absolute atomic E-state index is 12.7. The van der Waals surface area contributed by atoms with Crippen LogP contribution >= 0.6 is 0 Å². The van der Waals surface area contributed by atoms with Crippen molar-refractivity contribution in [1.29, 1.82) is 0 Å². The minimum Gasteiger partial charge on any atom is -0.481 e. The monoisotopic (exact) mass is 296 g/mol. The van der Waals surface area contributed by atoms with E-state index in [0.717, 1.165) is 19.4 Å². The molecule has 0 spiro atoms. The second kappa shape index (κ2) is 6.24. The summed E-state index contributed by atoms with van der Waals surface area (Å²) >= 11 is 0. The highest BCUT2D eigenvalue weighted by molar-refractivity contribution is 5.77. The smallest absolute Gasteiger partial charge is 0.320 e. The first-order valence-corrected chi connectivity index (χ1v) is 8.18. The van der Waals surface area contributed by atoms with Crippen LogP contribution in [0, 0.1) is 11.3 Å². The molecule has 2 fully saturated rings. The predicted octanol–water partition coefficient (Wildman–Crippen LogP) is 2.80. The van der Waals surface area contributed by atoms with Crippen molar-refractivity contribution in [3.63, 3.8) is 0 Å². The van der Waals surface area contributed by atoms with Crippen molar-refractivity contribution in [1.82, 2.24) is 9.80 Å². The SMILES string of the molecule is CCC1(C(=O)O)CCN(C(=O)N(CC(C)C)C2CC2)CC1. The Morgan fingerprint density at radius 3 is 2.24 bits per heavy atom. The van der Waals surface area contributed by atoms with E-state index in [2.05, 4.69) is 13.8 Å². The van der Waals surface area contributed by atoms with Crippen LogP contribution in [0.15, 0.2) is 0 Å². The highest BCUT2D eigenvalue weighted by atomic mass is 16.4. The minimum atomic E-state index is -0.710. The van der Waals surface area contributed by atoms with Crippen molar-refractivity contribution in [3.05, 3.63) is 0 Å². The Kier molecular flexibility index (Phi) is 4.79. The Morgan fingerprint density at radius 2 is 1.86 bits per heavy atom. The molecule has 21 heavy (non-hydrogen) atoms. The van der Waals surface area contributed by atoms with E-state index in [4.69, 9.17) is 0 Å². The van der Waals surface area contributed by atoms with Crippen molar-refractivity contribution < 1.29 is 14.7 Å². The highest BCUT2D eigenvalue weighted by Crippen LogP contribution is 2.36. The third-order valence-electron chi connectivity index (χ3n) is 4.92. The number of rotatable bonds is 5. The summed E-state index contributed by atoms with van der Waals surface area (Å²) < 4.78 is 0. The third-order valence-corrected chi connectivity index (χ3v) is 4.92. The lowest BCUT2D eigenvalue weighted by Gasteiger charge is -2.40. The zero-order valence-corrected chi connectivity index (χ0v) is 13.5. The summed E-state index contributed by atoms with van der Waals surface area (Å²) in [4.78, 5) is 28.0. The van der Waals surface area contributed by atoms with E-state index in [0.29, 0.717) is 44.3 Å². The summed E-state index contributed by atoms with van der Waals surface area (Å²) in [5, 5.41) is 9.43. The molecule has 2 rings (SSSR count). The fraction of sp³-hybridized carbons (Fsp3) is 0.875. The summed E-state index contributed by atoms with van der Waals surface area (Å²) in [5.41, 5.74) is -0.626. The first-order chi connectivity index (χ1) is 9.89. The lowest BCUT2D eigenvalue weighted by molar-refractivity contribution is -0.152. The standard InChI is InChI=1S/C16H28N2O3/c1-4-16(14(19)20)7-9-17(10-8-16)15(21)18(11-12(2)3)13-5-6-13/h12-13H,4-11H2,1-3H3,(H,19,20). The van der Waals surface area contributed by atoms with Crippen molar-refractivity contribution >= 4 is 12.0 Å². The molecule has 0 aromatic rings. The molecule has 0 atom stereocenters. The number of piperidine rings is 1. The van der Waals surface area contributed by atoms with Crippen molar-refractivity contribution in [2.45, 2.75) is 58.9 Å². The third kappa shape index (κ3) is 3.50.